The summed E-state index contributed by atoms with van der Waals surface area (Å²) in [4.78, 5) is 12.1. The highest BCUT2D eigenvalue weighted by Crippen LogP contribution is 2.30. The minimum Gasteiger partial charge on any atom is -0.497 e. The molecule has 0 atom stereocenters. The monoisotopic (exact) mass is 346 g/mol. The molecule has 25 heavy (non-hydrogen) atoms. The minimum absolute atomic E-state index is 0.0456. The normalized spacial score (nSPS) is 11.6. The van der Waals surface area contributed by atoms with Crippen molar-refractivity contribution in [1.82, 2.24) is 0 Å². The SMILES string of the molecule is COc1ccc(C=C(C#N)C(=O)Nc2cccc(C(F)(F)F)c2)cc1. The van der Waals surface area contributed by atoms with Gasteiger partial charge in [0.2, 0.25) is 0 Å². The van der Waals surface area contributed by atoms with Gasteiger partial charge in [-0.05, 0) is 42.0 Å². The average Bonchev–Trinajstić information content (AvgIpc) is 2.59. The summed E-state index contributed by atoms with van der Waals surface area (Å²) < 4.78 is 43.1. The number of halogens is 3. The third-order valence-electron chi connectivity index (χ3n) is 3.24. The minimum atomic E-state index is -4.52. The molecule has 128 valence electrons. The molecule has 0 aliphatic rings. The van der Waals surface area contributed by atoms with E-state index < -0.39 is 17.6 Å². The van der Waals surface area contributed by atoms with Crippen LogP contribution in [0.3, 0.4) is 0 Å². The van der Waals surface area contributed by atoms with E-state index in [0.717, 1.165) is 12.1 Å². The number of alkyl halides is 3. The van der Waals surface area contributed by atoms with Crippen LogP contribution in [0.1, 0.15) is 11.1 Å². The highest BCUT2D eigenvalue weighted by molar-refractivity contribution is 6.09. The summed E-state index contributed by atoms with van der Waals surface area (Å²) in [5.74, 6) is -0.179. The van der Waals surface area contributed by atoms with Gasteiger partial charge in [-0.15, -0.1) is 0 Å². The second kappa shape index (κ2) is 7.53. The lowest BCUT2D eigenvalue weighted by Gasteiger charge is -2.09. The number of rotatable bonds is 4. The van der Waals surface area contributed by atoms with Crippen LogP contribution >= 0.6 is 0 Å². The van der Waals surface area contributed by atoms with Gasteiger partial charge >= 0.3 is 6.18 Å². The number of nitrogens with one attached hydrogen (secondary N) is 1. The number of hydrogen-bond acceptors (Lipinski definition) is 3. The first kappa shape index (κ1) is 18.1. The summed E-state index contributed by atoms with van der Waals surface area (Å²) in [7, 11) is 1.51. The molecule has 2 rings (SSSR count). The van der Waals surface area contributed by atoms with E-state index in [4.69, 9.17) is 10.00 Å². The van der Waals surface area contributed by atoms with Gasteiger partial charge in [-0.1, -0.05) is 18.2 Å². The van der Waals surface area contributed by atoms with Crippen LogP contribution in [0.5, 0.6) is 5.75 Å². The lowest BCUT2D eigenvalue weighted by atomic mass is 10.1. The number of hydrogen-bond donors (Lipinski definition) is 1. The fourth-order valence-corrected chi connectivity index (χ4v) is 1.99. The fraction of sp³-hybridized carbons (Fsp3) is 0.111. The summed E-state index contributed by atoms with van der Waals surface area (Å²) >= 11 is 0. The van der Waals surface area contributed by atoms with Crippen molar-refractivity contribution in [2.24, 2.45) is 0 Å². The lowest BCUT2D eigenvalue weighted by molar-refractivity contribution is -0.137. The van der Waals surface area contributed by atoms with Gasteiger partial charge in [0, 0.05) is 5.69 Å². The zero-order valence-corrected chi connectivity index (χ0v) is 13.1. The zero-order valence-electron chi connectivity index (χ0n) is 13.1. The van der Waals surface area contributed by atoms with Gasteiger partial charge in [-0.2, -0.15) is 18.4 Å². The largest absolute Gasteiger partial charge is 0.497 e. The molecule has 0 aliphatic carbocycles. The van der Waals surface area contributed by atoms with Crippen molar-refractivity contribution in [2.45, 2.75) is 6.18 Å². The van der Waals surface area contributed by atoms with Crippen molar-refractivity contribution >= 4 is 17.7 Å². The molecule has 0 bridgehead atoms. The molecule has 0 heterocycles. The van der Waals surface area contributed by atoms with E-state index in [1.807, 2.05) is 0 Å². The number of amides is 1. The van der Waals surface area contributed by atoms with E-state index in [9.17, 15) is 18.0 Å². The predicted octanol–water partition coefficient (Wildman–Crippen LogP) is 4.26. The average molecular weight is 346 g/mol. The molecule has 0 aromatic heterocycles. The van der Waals surface area contributed by atoms with Crippen molar-refractivity contribution < 1.29 is 22.7 Å². The Morgan fingerprint density at radius 1 is 1.20 bits per heavy atom. The molecular weight excluding hydrogens is 333 g/mol. The standard InChI is InChI=1S/C18H13F3N2O2/c1-25-16-7-5-12(6-8-16)9-13(11-22)17(24)23-15-4-2-3-14(10-15)18(19,20)21/h2-10H,1H3,(H,23,24). The number of carbonyl (C=O) groups excluding carboxylic acids is 1. The Morgan fingerprint density at radius 3 is 2.44 bits per heavy atom. The van der Waals surface area contributed by atoms with Crippen LogP contribution in [0.15, 0.2) is 54.1 Å². The number of carbonyl (C=O) groups is 1. The summed E-state index contributed by atoms with van der Waals surface area (Å²) in [6, 6.07) is 12.5. The Balaban J connectivity index is 2.20. The molecule has 2 aromatic carbocycles. The Kier molecular flexibility index (Phi) is 5.45. The molecule has 0 saturated carbocycles. The van der Waals surface area contributed by atoms with Gasteiger partial charge in [0.15, 0.2) is 0 Å². The summed E-state index contributed by atoms with van der Waals surface area (Å²) in [6.45, 7) is 0. The van der Waals surface area contributed by atoms with Crippen LogP contribution in [-0.2, 0) is 11.0 Å². The number of methoxy groups -OCH3 is 1. The van der Waals surface area contributed by atoms with E-state index in [2.05, 4.69) is 5.32 Å². The van der Waals surface area contributed by atoms with Gasteiger partial charge in [-0.3, -0.25) is 4.79 Å². The van der Waals surface area contributed by atoms with Crippen LogP contribution in [0.4, 0.5) is 18.9 Å². The maximum absolute atomic E-state index is 12.7. The number of benzene rings is 2. The number of nitriles is 1. The third kappa shape index (κ3) is 4.85. The van der Waals surface area contributed by atoms with Gasteiger partial charge in [-0.25, -0.2) is 0 Å². The van der Waals surface area contributed by atoms with E-state index in [1.54, 1.807) is 30.3 Å². The molecular formula is C18H13F3N2O2. The molecule has 0 unspecified atom stereocenters. The Bertz CT molecular complexity index is 835. The molecule has 1 N–H and O–H groups in total. The predicted molar refractivity (Wildman–Crippen MR) is 86.7 cm³/mol. The number of nitrogens with zero attached hydrogens (tertiary/aromatic N) is 1. The summed E-state index contributed by atoms with van der Waals surface area (Å²) in [5.41, 5.74) is -0.585. The van der Waals surface area contributed by atoms with Gasteiger partial charge < -0.3 is 10.1 Å². The third-order valence-corrected chi connectivity index (χ3v) is 3.24. The van der Waals surface area contributed by atoms with E-state index in [0.29, 0.717) is 11.3 Å². The molecule has 1 amide bonds. The molecule has 0 radical (unpaired) electrons. The van der Waals surface area contributed by atoms with Crippen molar-refractivity contribution in [3.8, 4) is 11.8 Å². The molecule has 0 spiro atoms. The summed E-state index contributed by atoms with van der Waals surface area (Å²) in [5, 5.41) is 11.4. The van der Waals surface area contributed by atoms with Gasteiger partial charge in [0.05, 0.1) is 12.7 Å². The smallest absolute Gasteiger partial charge is 0.416 e. The molecule has 4 nitrogen and oxygen atoms in total. The van der Waals surface area contributed by atoms with E-state index >= 15 is 0 Å². The molecule has 2 aromatic rings. The summed E-state index contributed by atoms with van der Waals surface area (Å²) in [6.07, 6.45) is -3.18. The van der Waals surface area contributed by atoms with Gasteiger partial charge in [0.25, 0.3) is 5.91 Å². The fourth-order valence-electron chi connectivity index (χ4n) is 1.99. The molecule has 0 aliphatic heterocycles. The lowest BCUT2D eigenvalue weighted by Crippen LogP contribution is -2.14. The topological polar surface area (TPSA) is 62.1 Å². The first-order valence-corrected chi connectivity index (χ1v) is 7.08. The van der Waals surface area contributed by atoms with Crippen LogP contribution < -0.4 is 10.1 Å². The van der Waals surface area contributed by atoms with E-state index in [1.165, 1.54) is 25.3 Å². The highest BCUT2D eigenvalue weighted by atomic mass is 19.4. The zero-order chi connectivity index (χ0) is 18.4. The van der Waals surface area contributed by atoms with Crippen molar-refractivity contribution in [2.75, 3.05) is 12.4 Å². The Labute approximate surface area is 142 Å². The quantitative estimate of drug-likeness (QED) is 0.665. The maximum atomic E-state index is 12.7. The van der Waals surface area contributed by atoms with Crippen LogP contribution in [0, 0.1) is 11.3 Å². The molecule has 0 saturated heterocycles. The van der Waals surface area contributed by atoms with E-state index in [-0.39, 0.29) is 11.3 Å². The highest BCUT2D eigenvalue weighted by Gasteiger charge is 2.30. The van der Waals surface area contributed by atoms with Crippen LogP contribution in [0.25, 0.3) is 6.08 Å². The first-order valence-electron chi connectivity index (χ1n) is 7.08. The molecule has 7 heteroatoms. The van der Waals surface area contributed by atoms with Crippen LogP contribution in [0.2, 0.25) is 0 Å². The second-order valence-corrected chi connectivity index (χ2v) is 4.98. The molecule has 0 fully saturated rings. The van der Waals surface area contributed by atoms with Crippen molar-refractivity contribution in [3.05, 3.63) is 65.2 Å². The Morgan fingerprint density at radius 2 is 1.88 bits per heavy atom. The van der Waals surface area contributed by atoms with Crippen molar-refractivity contribution in [3.63, 3.8) is 0 Å². The second-order valence-electron chi connectivity index (χ2n) is 4.98. The van der Waals surface area contributed by atoms with Crippen molar-refractivity contribution in [1.29, 1.82) is 5.26 Å². The Hall–Kier alpha value is -3.27. The van der Waals surface area contributed by atoms with Gasteiger partial charge in [0.1, 0.15) is 17.4 Å². The number of ether oxygens (including phenoxy) is 1. The maximum Gasteiger partial charge on any atom is 0.416 e. The van der Waals surface area contributed by atoms with Crippen LogP contribution in [-0.4, -0.2) is 13.0 Å². The number of anilines is 1. The first-order chi connectivity index (χ1) is 11.8.